The van der Waals surface area contributed by atoms with Gasteiger partial charge in [0.25, 0.3) is 11.8 Å². The number of likely N-dealkylation sites (tertiary alicyclic amines) is 1. The van der Waals surface area contributed by atoms with Crippen molar-refractivity contribution in [2.45, 2.75) is 38.7 Å². The molecule has 2 heterocycles. The topological polar surface area (TPSA) is 54.5 Å². The van der Waals surface area contributed by atoms with Gasteiger partial charge in [0, 0.05) is 32.8 Å². The molecule has 0 spiro atoms. The Hall–Kier alpha value is -2.54. The second kappa shape index (κ2) is 9.98. The Morgan fingerprint density at radius 3 is 2.40 bits per heavy atom. The lowest BCUT2D eigenvalue weighted by Gasteiger charge is -2.32. The molecule has 0 saturated carbocycles. The van der Waals surface area contributed by atoms with E-state index >= 15 is 0 Å². The molecule has 30 heavy (non-hydrogen) atoms. The predicted molar refractivity (Wildman–Crippen MR) is 112 cm³/mol. The number of hydrogen-bond donors (Lipinski definition) is 1. The van der Waals surface area contributed by atoms with Gasteiger partial charge in [0.2, 0.25) is 0 Å². The smallest absolute Gasteiger partial charge is 0.272 e. The largest absolute Gasteiger partial charge is 0.497 e. The third-order valence-electron chi connectivity index (χ3n) is 5.39. The molecule has 0 bridgehead atoms. The first-order chi connectivity index (χ1) is 14.3. The van der Waals surface area contributed by atoms with Gasteiger partial charge in [0.05, 0.1) is 13.7 Å². The van der Waals surface area contributed by atoms with Crippen LogP contribution in [0.2, 0.25) is 0 Å². The lowest BCUT2D eigenvalue weighted by atomic mass is 9.90. The molecule has 1 aliphatic rings. The highest BCUT2D eigenvalue weighted by molar-refractivity contribution is 5.92. The number of alkyl halides is 2. The minimum Gasteiger partial charge on any atom is -0.497 e. The zero-order chi connectivity index (χ0) is 21.6. The lowest BCUT2D eigenvalue weighted by Crippen LogP contribution is -2.39. The van der Waals surface area contributed by atoms with Crippen molar-refractivity contribution in [2.24, 2.45) is 5.92 Å². The van der Waals surface area contributed by atoms with E-state index in [1.807, 2.05) is 17.0 Å². The number of halogens is 2. The van der Waals surface area contributed by atoms with Crippen LogP contribution in [0, 0.1) is 5.92 Å². The third kappa shape index (κ3) is 6.49. The van der Waals surface area contributed by atoms with Gasteiger partial charge in [-0.1, -0.05) is 18.2 Å². The minimum atomic E-state index is -2.75. The SMILES string of the molecule is COc1ccc(CC2CCN(C(=O)c3ccc(CNCC(C)(F)F)cn3)CC2)cc1. The quantitative estimate of drug-likeness (QED) is 0.707. The number of carbonyl (C=O) groups is 1. The number of ether oxygens (including phenoxy) is 1. The number of hydrogen-bond acceptors (Lipinski definition) is 4. The van der Waals surface area contributed by atoms with Crippen LogP contribution in [0.5, 0.6) is 5.75 Å². The molecule has 1 aromatic carbocycles. The summed E-state index contributed by atoms with van der Waals surface area (Å²) in [6, 6.07) is 11.6. The van der Waals surface area contributed by atoms with Gasteiger partial charge in [-0.3, -0.25) is 9.78 Å². The van der Waals surface area contributed by atoms with Crippen LogP contribution in [0.3, 0.4) is 0 Å². The van der Waals surface area contributed by atoms with Gasteiger partial charge in [-0.2, -0.15) is 0 Å². The van der Waals surface area contributed by atoms with E-state index in [0.29, 0.717) is 18.2 Å². The molecule has 7 heteroatoms. The maximum absolute atomic E-state index is 12.8. The molecule has 1 aromatic heterocycles. The lowest BCUT2D eigenvalue weighted by molar-refractivity contribution is 0.0224. The molecule has 3 rings (SSSR count). The van der Waals surface area contributed by atoms with E-state index in [1.165, 1.54) is 5.56 Å². The summed E-state index contributed by atoms with van der Waals surface area (Å²) in [6.07, 6.45) is 4.50. The van der Waals surface area contributed by atoms with Gasteiger partial charge in [0.15, 0.2) is 0 Å². The maximum atomic E-state index is 12.8. The molecule has 1 N–H and O–H groups in total. The number of aromatic nitrogens is 1. The van der Waals surface area contributed by atoms with Gasteiger partial charge < -0.3 is 15.0 Å². The summed E-state index contributed by atoms with van der Waals surface area (Å²) in [5.74, 6) is -1.40. The average Bonchev–Trinajstić information content (AvgIpc) is 2.74. The van der Waals surface area contributed by atoms with Crippen molar-refractivity contribution in [3.05, 3.63) is 59.4 Å². The fourth-order valence-corrected chi connectivity index (χ4v) is 3.68. The summed E-state index contributed by atoms with van der Waals surface area (Å²) < 4.78 is 30.9. The predicted octanol–water partition coefficient (Wildman–Crippen LogP) is 3.93. The Balaban J connectivity index is 1.46. The molecule has 1 fully saturated rings. The zero-order valence-corrected chi connectivity index (χ0v) is 17.5. The Bertz CT molecular complexity index is 812. The first-order valence-electron chi connectivity index (χ1n) is 10.3. The van der Waals surface area contributed by atoms with Crippen LogP contribution in [-0.2, 0) is 13.0 Å². The highest BCUT2D eigenvalue weighted by Gasteiger charge is 2.24. The van der Waals surface area contributed by atoms with E-state index in [1.54, 1.807) is 25.4 Å². The summed E-state index contributed by atoms with van der Waals surface area (Å²) in [6.45, 7) is 2.22. The van der Waals surface area contributed by atoms with Crippen molar-refractivity contribution in [2.75, 3.05) is 26.7 Å². The molecule has 1 amide bonds. The molecule has 0 radical (unpaired) electrons. The van der Waals surface area contributed by atoms with E-state index in [4.69, 9.17) is 4.74 Å². The van der Waals surface area contributed by atoms with Crippen LogP contribution < -0.4 is 10.1 Å². The molecule has 0 aliphatic carbocycles. The Labute approximate surface area is 176 Å². The van der Waals surface area contributed by atoms with Crippen LogP contribution in [0.4, 0.5) is 8.78 Å². The van der Waals surface area contributed by atoms with E-state index < -0.39 is 5.92 Å². The van der Waals surface area contributed by atoms with Crippen LogP contribution >= 0.6 is 0 Å². The minimum absolute atomic E-state index is 0.0718. The van der Waals surface area contributed by atoms with Crippen LogP contribution in [0.25, 0.3) is 0 Å². The number of piperidine rings is 1. The van der Waals surface area contributed by atoms with Gasteiger partial charge >= 0.3 is 0 Å². The van der Waals surface area contributed by atoms with Gasteiger partial charge in [-0.25, -0.2) is 8.78 Å². The summed E-state index contributed by atoms with van der Waals surface area (Å²) in [4.78, 5) is 18.8. The van der Waals surface area contributed by atoms with Crippen molar-refractivity contribution in [1.82, 2.24) is 15.2 Å². The summed E-state index contributed by atoms with van der Waals surface area (Å²) in [5, 5.41) is 2.69. The second-order valence-corrected chi connectivity index (χ2v) is 8.01. The normalized spacial score (nSPS) is 15.3. The molecule has 0 unspecified atom stereocenters. The van der Waals surface area contributed by atoms with Crippen LogP contribution in [-0.4, -0.2) is 48.5 Å². The van der Waals surface area contributed by atoms with Crippen LogP contribution in [0.1, 0.15) is 41.4 Å². The highest BCUT2D eigenvalue weighted by Crippen LogP contribution is 2.24. The van der Waals surface area contributed by atoms with Crippen molar-refractivity contribution in [3.8, 4) is 5.75 Å². The van der Waals surface area contributed by atoms with Crippen molar-refractivity contribution < 1.29 is 18.3 Å². The highest BCUT2D eigenvalue weighted by atomic mass is 19.3. The molecular weight excluding hydrogens is 388 g/mol. The molecule has 5 nitrogen and oxygen atoms in total. The summed E-state index contributed by atoms with van der Waals surface area (Å²) in [7, 11) is 1.66. The Morgan fingerprint density at radius 1 is 1.17 bits per heavy atom. The molecule has 162 valence electrons. The van der Waals surface area contributed by atoms with Crippen molar-refractivity contribution in [3.63, 3.8) is 0 Å². The number of nitrogens with zero attached hydrogens (tertiary/aromatic N) is 2. The molecule has 1 aliphatic heterocycles. The number of pyridine rings is 1. The number of rotatable bonds is 8. The summed E-state index contributed by atoms with van der Waals surface area (Å²) in [5.41, 5.74) is 2.45. The van der Waals surface area contributed by atoms with Crippen LogP contribution in [0.15, 0.2) is 42.6 Å². The monoisotopic (exact) mass is 417 g/mol. The van der Waals surface area contributed by atoms with E-state index in [-0.39, 0.29) is 12.5 Å². The van der Waals surface area contributed by atoms with E-state index in [2.05, 4.69) is 22.4 Å². The number of methoxy groups -OCH3 is 1. The van der Waals surface area contributed by atoms with E-state index in [0.717, 1.165) is 50.6 Å². The fourth-order valence-electron chi connectivity index (χ4n) is 3.68. The fraction of sp³-hybridized carbons (Fsp3) is 0.478. The molecule has 1 saturated heterocycles. The third-order valence-corrected chi connectivity index (χ3v) is 5.39. The van der Waals surface area contributed by atoms with Gasteiger partial charge in [0.1, 0.15) is 11.4 Å². The van der Waals surface area contributed by atoms with E-state index in [9.17, 15) is 13.6 Å². The Morgan fingerprint density at radius 2 is 1.83 bits per heavy atom. The molecule has 0 atom stereocenters. The average molecular weight is 418 g/mol. The number of carbonyl (C=O) groups excluding carboxylic acids is 1. The molecular formula is C23H29F2N3O2. The molecule has 2 aromatic rings. The van der Waals surface area contributed by atoms with Crippen molar-refractivity contribution in [1.29, 1.82) is 0 Å². The maximum Gasteiger partial charge on any atom is 0.272 e. The first-order valence-corrected chi connectivity index (χ1v) is 10.3. The Kier molecular flexibility index (Phi) is 7.37. The van der Waals surface area contributed by atoms with Gasteiger partial charge in [-0.05, 0) is 54.5 Å². The van der Waals surface area contributed by atoms with Gasteiger partial charge in [-0.15, -0.1) is 0 Å². The zero-order valence-electron chi connectivity index (χ0n) is 17.5. The number of nitrogens with one attached hydrogen (secondary N) is 1. The second-order valence-electron chi connectivity index (χ2n) is 8.01. The van der Waals surface area contributed by atoms with Crippen molar-refractivity contribution >= 4 is 5.91 Å². The summed E-state index contributed by atoms with van der Waals surface area (Å²) >= 11 is 0. The number of amides is 1. The number of benzene rings is 1. The standard InChI is InChI=1S/C23H29F2N3O2/c1-23(24,25)16-26-14-19-5-8-21(27-15-19)22(29)28-11-9-18(10-12-28)13-17-3-6-20(30-2)7-4-17/h3-8,15,18,26H,9-14,16H2,1-2H3. The first kappa shape index (κ1) is 22.2.